The third-order valence-electron chi connectivity index (χ3n) is 3.44. The average molecular weight is 304 g/mol. The maximum atomic E-state index is 12.4. The van der Waals surface area contributed by atoms with E-state index in [4.69, 9.17) is 9.47 Å². The first-order valence-corrected chi connectivity index (χ1v) is 7.63. The quantitative estimate of drug-likeness (QED) is 0.798. The maximum absolute atomic E-state index is 12.4. The van der Waals surface area contributed by atoms with Crippen LogP contribution < -0.4 is 10.1 Å². The first kappa shape index (κ1) is 18.0. The van der Waals surface area contributed by atoms with Crippen LogP contribution in [0.4, 0.5) is 5.69 Å². The van der Waals surface area contributed by atoms with Crippen molar-refractivity contribution >= 4 is 11.6 Å². The van der Waals surface area contributed by atoms with Crippen LogP contribution in [0.15, 0.2) is 18.2 Å². The van der Waals surface area contributed by atoms with Crippen LogP contribution in [-0.4, -0.2) is 24.7 Å². The van der Waals surface area contributed by atoms with Crippen LogP contribution >= 0.6 is 0 Å². The molecule has 1 N–H and O–H groups in total. The molecular formula is C17H24N2O3. The standard InChI is InChI=1S/C17H24N2O3/c1-5-10-21-15-9-8-14(11-13(15)12-18)19-16(20)17(4,6-2)22-7-3/h8-9,11H,5-7,10H2,1-4H3,(H,19,20). The fourth-order valence-electron chi connectivity index (χ4n) is 1.94. The minimum Gasteiger partial charge on any atom is -0.492 e. The molecule has 0 fully saturated rings. The molecule has 1 amide bonds. The summed E-state index contributed by atoms with van der Waals surface area (Å²) in [6, 6.07) is 7.13. The van der Waals surface area contributed by atoms with Gasteiger partial charge in [-0.25, -0.2) is 0 Å². The van der Waals surface area contributed by atoms with Gasteiger partial charge in [0.25, 0.3) is 5.91 Å². The van der Waals surface area contributed by atoms with E-state index in [2.05, 4.69) is 11.4 Å². The second kappa shape index (κ2) is 8.40. The van der Waals surface area contributed by atoms with Crippen molar-refractivity contribution in [2.45, 2.75) is 46.1 Å². The van der Waals surface area contributed by atoms with Crippen molar-refractivity contribution < 1.29 is 14.3 Å². The highest BCUT2D eigenvalue weighted by Gasteiger charge is 2.31. The van der Waals surface area contributed by atoms with E-state index in [1.165, 1.54) is 0 Å². The maximum Gasteiger partial charge on any atom is 0.256 e. The summed E-state index contributed by atoms with van der Waals surface area (Å²) in [5.41, 5.74) is 0.0875. The molecule has 1 unspecified atom stereocenters. The molecule has 5 heteroatoms. The van der Waals surface area contributed by atoms with Gasteiger partial charge in [-0.1, -0.05) is 13.8 Å². The van der Waals surface area contributed by atoms with Gasteiger partial charge in [-0.15, -0.1) is 0 Å². The molecule has 1 atom stereocenters. The predicted molar refractivity (Wildman–Crippen MR) is 85.9 cm³/mol. The van der Waals surface area contributed by atoms with Crippen LogP contribution in [0.2, 0.25) is 0 Å². The number of ether oxygens (including phenoxy) is 2. The molecule has 1 rings (SSSR count). The van der Waals surface area contributed by atoms with Gasteiger partial charge in [0.05, 0.1) is 12.2 Å². The van der Waals surface area contributed by atoms with E-state index in [1.807, 2.05) is 20.8 Å². The fourth-order valence-corrected chi connectivity index (χ4v) is 1.94. The van der Waals surface area contributed by atoms with E-state index in [-0.39, 0.29) is 5.91 Å². The number of nitrogens with one attached hydrogen (secondary N) is 1. The minimum atomic E-state index is -0.876. The van der Waals surface area contributed by atoms with Gasteiger partial charge in [0.1, 0.15) is 17.4 Å². The van der Waals surface area contributed by atoms with Gasteiger partial charge in [-0.3, -0.25) is 4.79 Å². The lowest BCUT2D eigenvalue weighted by molar-refractivity contribution is -0.139. The van der Waals surface area contributed by atoms with Gasteiger partial charge in [0.15, 0.2) is 0 Å². The Morgan fingerprint density at radius 2 is 2.09 bits per heavy atom. The summed E-state index contributed by atoms with van der Waals surface area (Å²) >= 11 is 0. The smallest absolute Gasteiger partial charge is 0.256 e. The molecule has 1 aromatic rings. The summed E-state index contributed by atoms with van der Waals surface area (Å²) in [7, 11) is 0. The SMILES string of the molecule is CCCOc1ccc(NC(=O)C(C)(CC)OCC)cc1C#N. The van der Waals surface area contributed by atoms with Gasteiger partial charge in [0, 0.05) is 12.3 Å². The van der Waals surface area contributed by atoms with E-state index >= 15 is 0 Å². The van der Waals surface area contributed by atoms with Crippen molar-refractivity contribution in [3.8, 4) is 11.8 Å². The number of carbonyl (C=O) groups excluding carboxylic acids is 1. The van der Waals surface area contributed by atoms with Crippen molar-refractivity contribution in [3.05, 3.63) is 23.8 Å². The van der Waals surface area contributed by atoms with Gasteiger partial charge in [-0.2, -0.15) is 5.26 Å². The van der Waals surface area contributed by atoms with Crippen molar-refractivity contribution in [2.24, 2.45) is 0 Å². The largest absolute Gasteiger partial charge is 0.492 e. The van der Waals surface area contributed by atoms with Crippen LogP contribution in [0.5, 0.6) is 5.75 Å². The summed E-state index contributed by atoms with van der Waals surface area (Å²) in [5, 5.41) is 12.0. The molecular weight excluding hydrogens is 280 g/mol. The summed E-state index contributed by atoms with van der Waals surface area (Å²) in [5.74, 6) is 0.313. The summed E-state index contributed by atoms with van der Waals surface area (Å²) < 4.78 is 11.0. The first-order valence-electron chi connectivity index (χ1n) is 7.63. The average Bonchev–Trinajstić information content (AvgIpc) is 2.53. The highest BCUT2D eigenvalue weighted by Crippen LogP contribution is 2.24. The topological polar surface area (TPSA) is 71.3 Å². The third kappa shape index (κ3) is 4.47. The Bertz CT molecular complexity index is 551. The molecule has 22 heavy (non-hydrogen) atoms. The van der Waals surface area contributed by atoms with Gasteiger partial charge >= 0.3 is 0 Å². The van der Waals surface area contributed by atoms with Crippen LogP contribution in [0.3, 0.4) is 0 Å². The van der Waals surface area contributed by atoms with E-state index in [1.54, 1.807) is 25.1 Å². The van der Waals surface area contributed by atoms with Crippen LogP contribution in [0, 0.1) is 11.3 Å². The summed E-state index contributed by atoms with van der Waals surface area (Å²) in [4.78, 5) is 12.4. The Morgan fingerprint density at radius 1 is 1.36 bits per heavy atom. The highest BCUT2D eigenvalue weighted by atomic mass is 16.5. The number of nitrogens with zero attached hydrogens (tertiary/aromatic N) is 1. The second-order valence-corrected chi connectivity index (χ2v) is 5.14. The molecule has 0 aromatic heterocycles. The second-order valence-electron chi connectivity index (χ2n) is 5.14. The Labute approximate surface area is 132 Å². The summed E-state index contributed by atoms with van der Waals surface area (Å²) in [6.45, 7) is 8.53. The van der Waals surface area contributed by atoms with E-state index in [0.717, 1.165) is 6.42 Å². The monoisotopic (exact) mass is 304 g/mol. The minimum absolute atomic E-state index is 0.219. The van der Waals surface area contributed by atoms with Crippen molar-refractivity contribution in [3.63, 3.8) is 0 Å². The Morgan fingerprint density at radius 3 is 2.64 bits per heavy atom. The zero-order valence-corrected chi connectivity index (χ0v) is 13.7. The number of carbonyl (C=O) groups is 1. The number of hydrogen-bond donors (Lipinski definition) is 1. The Kier molecular flexibility index (Phi) is 6.87. The molecule has 0 saturated heterocycles. The lowest BCUT2D eigenvalue weighted by Crippen LogP contribution is -2.42. The fraction of sp³-hybridized carbons (Fsp3) is 0.529. The number of rotatable bonds is 8. The number of benzene rings is 1. The molecule has 0 aliphatic carbocycles. The molecule has 0 saturated carbocycles. The molecule has 5 nitrogen and oxygen atoms in total. The van der Waals surface area contributed by atoms with Gasteiger partial charge in [0.2, 0.25) is 0 Å². The zero-order chi connectivity index (χ0) is 16.6. The van der Waals surface area contributed by atoms with E-state index in [0.29, 0.717) is 36.6 Å². The third-order valence-corrected chi connectivity index (χ3v) is 3.44. The molecule has 0 spiro atoms. The van der Waals surface area contributed by atoms with Crippen LogP contribution in [-0.2, 0) is 9.53 Å². The number of amides is 1. The van der Waals surface area contributed by atoms with Crippen molar-refractivity contribution in [2.75, 3.05) is 18.5 Å². The molecule has 0 aliphatic rings. The van der Waals surface area contributed by atoms with Crippen LogP contribution in [0.25, 0.3) is 0 Å². The van der Waals surface area contributed by atoms with Crippen molar-refractivity contribution in [1.82, 2.24) is 0 Å². The first-order chi connectivity index (χ1) is 10.5. The molecule has 0 radical (unpaired) electrons. The molecule has 0 heterocycles. The van der Waals surface area contributed by atoms with Gasteiger partial charge < -0.3 is 14.8 Å². The van der Waals surface area contributed by atoms with E-state index in [9.17, 15) is 10.1 Å². The molecule has 1 aromatic carbocycles. The van der Waals surface area contributed by atoms with Crippen LogP contribution in [0.1, 0.15) is 46.1 Å². The lowest BCUT2D eigenvalue weighted by Gasteiger charge is -2.26. The summed E-state index contributed by atoms with van der Waals surface area (Å²) in [6.07, 6.45) is 1.43. The lowest BCUT2D eigenvalue weighted by atomic mass is 10.0. The molecule has 0 bridgehead atoms. The Balaban J connectivity index is 2.90. The highest BCUT2D eigenvalue weighted by molar-refractivity contribution is 5.97. The zero-order valence-electron chi connectivity index (χ0n) is 13.7. The van der Waals surface area contributed by atoms with E-state index < -0.39 is 5.60 Å². The molecule has 120 valence electrons. The van der Waals surface area contributed by atoms with Gasteiger partial charge in [-0.05, 0) is 44.9 Å². The number of nitriles is 1. The number of anilines is 1. The predicted octanol–water partition coefficient (Wildman–Crippen LogP) is 3.49. The Hall–Kier alpha value is -2.06. The molecule has 0 aliphatic heterocycles. The number of hydrogen-bond acceptors (Lipinski definition) is 4. The normalized spacial score (nSPS) is 13.0. The van der Waals surface area contributed by atoms with Crippen molar-refractivity contribution in [1.29, 1.82) is 5.26 Å².